The molecule has 7 heteroatoms. The molecule has 0 aliphatic rings. The van der Waals surface area contributed by atoms with E-state index in [0.717, 1.165) is 10.5 Å². The smallest absolute Gasteiger partial charge is 0.395 e. The maximum Gasteiger partial charge on any atom is 0.433 e. The molecule has 0 saturated heterocycles. The van der Waals surface area contributed by atoms with E-state index in [1.54, 1.807) is 18.8 Å². The zero-order valence-corrected chi connectivity index (χ0v) is 12.4. The molecule has 1 aromatic carbocycles. The summed E-state index contributed by atoms with van der Waals surface area (Å²) in [6.45, 7) is 0.405. The number of hydrogen-bond donors (Lipinski definition) is 0. The van der Waals surface area contributed by atoms with E-state index in [9.17, 15) is 14.9 Å². The third kappa shape index (κ3) is 3.63. The minimum absolute atomic E-state index is 0.0371. The Bertz CT molecular complexity index is 651. The van der Waals surface area contributed by atoms with Gasteiger partial charge in [0.25, 0.3) is 5.91 Å². The standard InChI is InChI=1S/C14H14N2O4S/c1-15(9-10-3-5-11(21-2)6-4-10)14(17)12-7-8-13(20-12)16(18)19/h3-8H,9H2,1-2H3. The number of rotatable bonds is 5. The van der Waals surface area contributed by atoms with E-state index in [2.05, 4.69) is 0 Å². The lowest BCUT2D eigenvalue weighted by atomic mass is 10.2. The fourth-order valence-electron chi connectivity index (χ4n) is 1.81. The van der Waals surface area contributed by atoms with Crippen LogP contribution < -0.4 is 0 Å². The van der Waals surface area contributed by atoms with Crippen LogP contribution in [0.25, 0.3) is 0 Å². The van der Waals surface area contributed by atoms with E-state index in [-0.39, 0.29) is 5.76 Å². The Balaban J connectivity index is 2.05. The fraction of sp³-hybridized carbons (Fsp3) is 0.214. The molecule has 1 heterocycles. The molecule has 0 aliphatic carbocycles. The van der Waals surface area contributed by atoms with Crippen molar-refractivity contribution in [2.75, 3.05) is 13.3 Å². The lowest BCUT2D eigenvalue weighted by molar-refractivity contribution is -0.402. The molecule has 0 unspecified atom stereocenters. The predicted octanol–water partition coefficient (Wildman–Crippen LogP) is 3.18. The molecule has 0 N–H and O–H groups in total. The first kappa shape index (κ1) is 15.1. The number of thioether (sulfide) groups is 1. The minimum atomic E-state index is -0.669. The molecule has 0 saturated carbocycles. The number of carbonyl (C=O) groups excluding carboxylic acids is 1. The molecule has 21 heavy (non-hydrogen) atoms. The Morgan fingerprint density at radius 3 is 2.48 bits per heavy atom. The molecule has 2 rings (SSSR count). The molecule has 2 aromatic rings. The van der Waals surface area contributed by atoms with Crippen LogP contribution in [0, 0.1) is 10.1 Å². The van der Waals surface area contributed by atoms with Gasteiger partial charge in [0.2, 0.25) is 0 Å². The van der Waals surface area contributed by atoms with Gasteiger partial charge in [-0.2, -0.15) is 0 Å². The summed E-state index contributed by atoms with van der Waals surface area (Å²) in [5, 5.41) is 10.5. The van der Waals surface area contributed by atoms with Crippen molar-refractivity contribution in [2.45, 2.75) is 11.4 Å². The molecule has 1 amide bonds. The van der Waals surface area contributed by atoms with Gasteiger partial charge in [-0.15, -0.1) is 11.8 Å². The van der Waals surface area contributed by atoms with Crippen LogP contribution in [-0.2, 0) is 6.54 Å². The largest absolute Gasteiger partial charge is 0.433 e. The number of carbonyl (C=O) groups is 1. The van der Waals surface area contributed by atoms with Crippen LogP contribution >= 0.6 is 11.8 Å². The van der Waals surface area contributed by atoms with Crippen molar-refractivity contribution in [3.05, 3.63) is 57.8 Å². The highest BCUT2D eigenvalue weighted by Gasteiger charge is 2.20. The highest BCUT2D eigenvalue weighted by Crippen LogP contribution is 2.19. The molecule has 0 fully saturated rings. The third-order valence-electron chi connectivity index (χ3n) is 2.91. The van der Waals surface area contributed by atoms with Crippen LogP contribution in [0.5, 0.6) is 0 Å². The monoisotopic (exact) mass is 306 g/mol. The maximum atomic E-state index is 12.1. The first-order chi connectivity index (χ1) is 10.0. The SMILES string of the molecule is CSc1ccc(CN(C)C(=O)c2ccc([N+](=O)[O-])o2)cc1. The summed E-state index contributed by atoms with van der Waals surface area (Å²) in [5.41, 5.74) is 0.977. The lowest BCUT2D eigenvalue weighted by Gasteiger charge is -2.15. The molecular weight excluding hydrogens is 292 g/mol. The van der Waals surface area contributed by atoms with Crippen molar-refractivity contribution in [1.29, 1.82) is 0 Å². The highest BCUT2D eigenvalue weighted by molar-refractivity contribution is 7.98. The molecule has 0 atom stereocenters. The zero-order valence-electron chi connectivity index (χ0n) is 11.6. The minimum Gasteiger partial charge on any atom is -0.395 e. The van der Waals surface area contributed by atoms with E-state index >= 15 is 0 Å². The van der Waals surface area contributed by atoms with E-state index in [4.69, 9.17) is 4.42 Å². The van der Waals surface area contributed by atoms with Crippen LogP contribution in [-0.4, -0.2) is 29.0 Å². The van der Waals surface area contributed by atoms with Crippen molar-refractivity contribution >= 4 is 23.6 Å². The number of amides is 1. The summed E-state index contributed by atoms with van der Waals surface area (Å²) in [4.78, 5) is 24.6. The van der Waals surface area contributed by atoms with Gasteiger partial charge in [0.05, 0.1) is 6.07 Å². The number of benzene rings is 1. The molecule has 110 valence electrons. The summed E-state index contributed by atoms with van der Waals surface area (Å²) in [5.74, 6) is -0.863. The van der Waals surface area contributed by atoms with Gasteiger partial charge in [0.15, 0.2) is 5.76 Å². The fourth-order valence-corrected chi connectivity index (χ4v) is 2.21. The zero-order chi connectivity index (χ0) is 15.4. The molecule has 6 nitrogen and oxygen atoms in total. The van der Waals surface area contributed by atoms with Crippen LogP contribution in [0.1, 0.15) is 16.1 Å². The maximum absolute atomic E-state index is 12.1. The Kier molecular flexibility index (Phi) is 4.64. The van der Waals surface area contributed by atoms with E-state index < -0.39 is 16.7 Å². The van der Waals surface area contributed by atoms with Gasteiger partial charge in [-0.25, -0.2) is 0 Å². The van der Waals surface area contributed by atoms with Crippen LogP contribution in [0.2, 0.25) is 0 Å². The molecule has 0 bridgehead atoms. The van der Waals surface area contributed by atoms with Gasteiger partial charge in [0.1, 0.15) is 4.92 Å². The Labute approximate surface area is 125 Å². The lowest BCUT2D eigenvalue weighted by Crippen LogP contribution is -2.25. The van der Waals surface area contributed by atoms with E-state index in [0.29, 0.717) is 6.54 Å². The van der Waals surface area contributed by atoms with Crippen molar-refractivity contribution in [3.63, 3.8) is 0 Å². The van der Waals surface area contributed by atoms with E-state index in [1.807, 2.05) is 30.5 Å². The first-order valence-corrected chi connectivity index (χ1v) is 7.36. The van der Waals surface area contributed by atoms with Crippen LogP contribution in [0.15, 0.2) is 45.7 Å². The summed E-state index contributed by atoms with van der Waals surface area (Å²) >= 11 is 1.65. The molecule has 0 aliphatic heterocycles. The predicted molar refractivity (Wildman–Crippen MR) is 79.4 cm³/mol. The third-order valence-corrected chi connectivity index (χ3v) is 3.65. The van der Waals surface area contributed by atoms with E-state index in [1.165, 1.54) is 17.0 Å². The second-order valence-electron chi connectivity index (χ2n) is 4.40. The molecule has 1 aromatic heterocycles. The average molecular weight is 306 g/mol. The number of furan rings is 1. The number of nitro groups is 1. The van der Waals surface area contributed by atoms with Gasteiger partial charge in [-0.3, -0.25) is 14.9 Å². The number of hydrogen-bond acceptors (Lipinski definition) is 5. The second-order valence-corrected chi connectivity index (χ2v) is 5.28. The van der Waals surface area contributed by atoms with Crippen LogP contribution in [0.3, 0.4) is 0 Å². The van der Waals surface area contributed by atoms with Crippen LogP contribution in [0.4, 0.5) is 5.88 Å². The molecular formula is C14H14N2O4S. The summed E-state index contributed by atoms with van der Waals surface area (Å²) in [6.07, 6.45) is 1.99. The second kappa shape index (κ2) is 6.45. The van der Waals surface area contributed by atoms with Gasteiger partial charge in [0, 0.05) is 18.5 Å². The molecule has 0 radical (unpaired) electrons. The Morgan fingerprint density at radius 2 is 1.95 bits per heavy atom. The Morgan fingerprint density at radius 1 is 1.29 bits per heavy atom. The molecule has 0 spiro atoms. The van der Waals surface area contributed by atoms with Gasteiger partial charge < -0.3 is 9.32 Å². The quantitative estimate of drug-likeness (QED) is 0.481. The Hall–Kier alpha value is -2.28. The van der Waals surface area contributed by atoms with Gasteiger partial charge in [-0.1, -0.05) is 12.1 Å². The van der Waals surface area contributed by atoms with Crippen molar-refractivity contribution in [1.82, 2.24) is 4.90 Å². The summed E-state index contributed by atoms with van der Waals surface area (Å²) in [7, 11) is 1.62. The van der Waals surface area contributed by atoms with Crippen molar-refractivity contribution < 1.29 is 14.1 Å². The number of nitrogens with zero attached hydrogens (tertiary/aromatic N) is 2. The summed E-state index contributed by atoms with van der Waals surface area (Å²) in [6, 6.07) is 10.3. The van der Waals surface area contributed by atoms with Gasteiger partial charge in [-0.05, 0) is 30.0 Å². The highest BCUT2D eigenvalue weighted by atomic mass is 32.2. The normalized spacial score (nSPS) is 10.4. The first-order valence-electron chi connectivity index (χ1n) is 6.14. The summed E-state index contributed by atoms with van der Waals surface area (Å²) < 4.78 is 4.91. The van der Waals surface area contributed by atoms with Crippen molar-refractivity contribution in [3.8, 4) is 0 Å². The van der Waals surface area contributed by atoms with Crippen molar-refractivity contribution in [2.24, 2.45) is 0 Å². The average Bonchev–Trinajstić information content (AvgIpc) is 2.97. The topological polar surface area (TPSA) is 76.6 Å². The van der Waals surface area contributed by atoms with Gasteiger partial charge >= 0.3 is 5.88 Å².